The predicted octanol–water partition coefficient (Wildman–Crippen LogP) is 1.44. The van der Waals surface area contributed by atoms with Crippen molar-refractivity contribution in [1.29, 1.82) is 0 Å². The number of benzene rings is 1. The zero-order valence-corrected chi connectivity index (χ0v) is 11.1. The first-order valence-corrected chi connectivity index (χ1v) is 6.95. The van der Waals surface area contributed by atoms with E-state index < -0.39 is 10.0 Å². The topological polar surface area (TPSA) is 72.2 Å². The minimum atomic E-state index is -3.52. The largest absolute Gasteiger partial charge is 0.327 e. The highest BCUT2D eigenvalue weighted by Crippen LogP contribution is 2.22. The molecule has 0 fully saturated rings. The Hall–Kier alpha value is -0.880. The molecule has 17 heavy (non-hydrogen) atoms. The lowest BCUT2D eigenvalue weighted by atomic mass is 10.2. The highest BCUT2D eigenvalue weighted by atomic mass is 35.5. The monoisotopic (exact) mass is 274 g/mol. The van der Waals surface area contributed by atoms with Crippen LogP contribution in [-0.2, 0) is 10.0 Å². The Morgan fingerprint density at radius 2 is 2.12 bits per heavy atom. The Kier molecular flexibility index (Phi) is 5.14. The molecule has 1 aromatic rings. The van der Waals surface area contributed by atoms with Crippen molar-refractivity contribution in [2.75, 3.05) is 13.1 Å². The minimum Gasteiger partial charge on any atom is -0.327 e. The molecule has 1 rings (SSSR count). The van der Waals surface area contributed by atoms with E-state index >= 15 is 0 Å². The smallest absolute Gasteiger partial charge is 0.241 e. The summed E-state index contributed by atoms with van der Waals surface area (Å²) in [5, 5.41) is 0.436. The van der Waals surface area contributed by atoms with Gasteiger partial charge in [-0.2, -0.15) is 0 Å². The van der Waals surface area contributed by atoms with Crippen molar-refractivity contribution in [3.05, 3.63) is 40.9 Å². The van der Waals surface area contributed by atoms with Gasteiger partial charge >= 0.3 is 0 Å². The molecular weight excluding hydrogens is 260 g/mol. The second-order valence-electron chi connectivity index (χ2n) is 3.42. The van der Waals surface area contributed by atoms with Crippen LogP contribution in [0.4, 0.5) is 0 Å². The molecule has 1 aromatic carbocycles. The molecule has 4 nitrogen and oxygen atoms in total. The molecule has 0 aliphatic rings. The predicted molar refractivity (Wildman–Crippen MR) is 69.6 cm³/mol. The maximum absolute atomic E-state index is 11.9. The summed E-state index contributed by atoms with van der Waals surface area (Å²) in [4.78, 5) is 0.200. The van der Waals surface area contributed by atoms with Crippen LogP contribution >= 0.6 is 11.6 Å². The lowest BCUT2D eigenvalue weighted by molar-refractivity contribution is 0.585. The third kappa shape index (κ3) is 3.81. The third-order valence-electron chi connectivity index (χ3n) is 2.20. The third-order valence-corrected chi connectivity index (χ3v) is 4.18. The van der Waals surface area contributed by atoms with E-state index in [2.05, 4.69) is 4.72 Å². The van der Waals surface area contributed by atoms with Crippen molar-refractivity contribution in [1.82, 2.24) is 4.72 Å². The van der Waals surface area contributed by atoms with E-state index in [1.807, 2.05) is 0 Å². The summed E-state index contributed by atoms with van der Waals surface area (Å²) in [7, 11) is -3.52. The number of rotatable bonds is 5. The lowest BCUT2D eigenvalue weighted by Gasteiger charge is -2.08. The molecular formula is C11H15ClN2O2S. The van der Waals surface area contributed by atoms with Gasteiger partial charge in [-0.25, -0.2) is 13.1 Å². The fourth-order valence-electron chi connectivity index (χ4n) is 1.29. The Bertz CT molecular complexity index is 512. The first kappa shape index (κ1) is 14.2. The van der Waals surface area contributed by atoms with Crippen LogP contribution in [-0.4, -0.2) is 21.5 Å². The maximum Gasteiger partial charge on any atom is 0.241 e. The highest BCUT2D eigenvalue weighted by Gasteiger charge is 2.16. The second-order valence-corrected chi connectivity index (χ2v) is 5.56. The van der Waals surface area contributed by atoms with Gasteiger partial charge in [-0.1, -0.05) is 29.8 Å². The van der Waals surface area contributed by atoms with Crippen LogP contribution < -0.4 is 10.5 Å². The molecule has 0 amide bonds. The van der Waals surface area contributed by atoms with Gasteiger partial charge in [0.25, 0.3) is 0 Å². The number of hydrogen-bond donors (Lipinski definition) is 2. The average molecular weight is 275 g/mol. The Morgan fingerprint density at radius 1 is 1.41 bits per heavy atom. The van der Waals surface area contributed by atoms with Crippen LogP contribution in [0.5, 0.6) is 0 Å². The SMILES string of the molecule is Cc1c(Cl)cccc1S(=O)(=O)NC/C=C/CN. The van der Waals surface area contributed by atoms with Gasteiger partial charge in [0.2, 0.25) is 10.0 Å². The molecule has 0 aliphatic heterocycles. The van der Waals surface area contributed by atoms with Crippen molar-refractivity contribution in [3.63, 3.8) is 0 Å². The van der Waals surface area contributed by atoms with E-state index in [0.717, 1.165) is 0 Å². The summed E-state index contributed by atoms with van der Waals surface area (Å²) in [5.74, 6) is 0. The van der Waals surface area contributed by atoms with Crippen molar-refractivity contribution in [2.24, 2.45) is 5.73 Å². The van der Waals surface area contributed by atoms with Crippen LogP contribution in [0, 0.1) is 6.92 Å². The molecule has 6 heteroatoms. The summed E-state index contributed by atoms with van der Waals surface area (Å²) in [5.41, 5.74) is 5.80. The van der Waals surface area contributed by atoms with Crippen LogP contribution in [0.15, 0.2) is 35.2 Å². The molecule has 0 saturated heterocycles. The molecule has 0 unspecified atom stereocenters. The summed E-state index contributed by atoms with van der Waals surface area (Å²) in [6.45, 7) is 2.27. The van der Waals surface area contributed by atoms with Gasteiger partial charge in [-0.15, -0.1) is 0 Å². The Morgan fingerprint density at radius 3 is 2.76 bits per heavy atom. The number of nitrogens with two attached hydrogens (primary N) is 1. The molecule has 0 spiro atoms. The van der Waals surface area contributed by atoms with Crippen LogP contribution in [0.3, 0.4) is 0 Å². The van der Waals surface area contributed by atoms with Crippen LogP contribution in [0.25, 0.3) is 0 Å². The van der Waals surface area contributed by atoms with Gasteiger partial charge in [0.05, 0.1) is 4.90 Å². The van der Waals surface area contributed by atoms with E-state index in [1.54, 1.807) is 31.2 Å². The van der Waals surface area contributed by atoms with E-state index in [1.165, 1.54) is 6.07 Å². The van der Waals surface area contributed by atoms with E-state index in [-0.39, 0.29) is 11.4 Å². The zero-order valence-electron chi connectivity index (χ0n) is 9.48. The van der Waals surface area contributed by atoms with Crippen LogP contribution in [0.1, 0.15) is 5.56 Å². The molecule has 0 bridgehead atoms. The quantitative estimate of drug-likeness (QED) is 0.798. The molecule has 0 heterocycles. The molecule has 3 N–H and O–H groups in total. The average Bonchev–Trinajstić information content (AvgIpc) is 2.28. The summed E-state index contributed by atoms with van der Waals surface area (Å²) < 4.78 is 26.3. The zero-order chi connectivity index (χ0) is 12.9. The molecule has 0 radical (unpaired) electrons. The van der Waals surface area contributed by atoms with E-state index in [4.69, 9.17) is 17.3 Å². The first-order chi connectivity index (χ1) is 7.99. The highest BCUT2D eigenvalue weighted by molar-refractivity contribution is 7.89. The van der Waals surface area contributed by atoms with Crippen molar-refractivity contribution < 1.29 is 8.42 Å². The number of nitrogens with one attached hydrogen (secondary N) is 1. The molecule has 0 saturated carbocycles. The van der Waals surface area contributed by atoms with Gasteiger partial charge in [0.15, 0.2) is 0 Å². The summed E-state index contributed by atoms with van der Waals surface area (Å²) in [6.07, 6.45) is 3.35. The number of sulfonamides is 1. The molecule has 0 atom stereocenters. The standard InChI is InChI=1S/C11H15ClN2O2S/c1-9-10(12)5-4-6-11(9)17(15,16)14-8-3-2-7-13/h2-6,14H,7-8,13H2,1H3/b3-2+. The van der Waals surface area contributed by atoms with Crippen LogP contribution in [0.2, 0.25) is 5.02 Å². The molecule has 0 aliphatic carbocycles. The fraction of sp³-hybridized carbons (Fsp3) is 0.273. The number of hydrogen-bond acceptors (Lipinski definition) is 3. The molecule has 94 valence electrons. The first-order valence-electron chi connectivity index (χ1n) is 5.09. The second kappa shape index (κ2) is 6.16. The van der Waals surface area contributed by atoms with Crippen molar-refractivity contribution in [3.8, 4) is 0 Å². The van der Waals surface area contributed by atoms with Gasteiger partial charge in [-0.3, -0.25) is 0 Å². The lowest BCUT2D eigenvalue weighted by Crippen LogP contribution is -2.24. The Balaban J connectivity index is 2.90. The Labute approximate surface area is 107 Å². The van der Waals surface area contributed by atoms with Gasteiger partial charge in [0, 0.05) is 18.1 Å². The summed E-state index contributed by atoms with van der Waals surface area (Å²) >= 11 is 5.88. The van der Waals surface area contributed by atoms with Crippen molar-refractivity contribution in [2.45, 2.75) is 11.8 Å². The van der Waals surface area contributed by atoms with Gasteiger partial charge in [-0.05, 0) is 24.6 Å². The van der Waals surface area contributed by atoms with Gasteiger partial charge < -0.3 is 5.73 Å². The summed E-state index contributed by atoms with van der Waals surface area (Å²) in [6, 6.07) is 4.79. The van der Waals surface area contributed by atoms with E-state index in [0.29, 0.717) is 17.1 Å². The van der Waals surface area contributed by atoms with E-state index in [9.17, 15) is 8.42 Å². The minimum absolute atomic E-state index is 0.200. The fourth-order valence-corrected chi connectivity index (χ4v) is 2.77. The molecule has 0 aromatic heterocycles. The normalized spacial score (nSPS) is 12.2. The van der Waals surface area contributed by atoms with Crippen molar-refractivity contribution >= 4 is 21.6 Å². The maximum atomic E-state index is 11.9. The number of halogens is 1. The van der Waals surface area contributed by atoms with Gasteiger partial charge in [0.1, 0.15) is 0 Å².